The Balaban J connectivity index is 2.63. The Labute approximate surface area is 86.2 Å². The molecule has 1 heterocycles. The largest absolute Gasteiger partial charge is 0.366 e. The molecule has 0 atom stereocenters. The van der Waals surface area contributed by atoms with Crippen LogP contribution in [0.5, 0.6) is 0 Å². The second kappa shape index (κ2) is 3.88. The van der Waals surface area contributed by atoms with E-state index in [4.69, 9.17) is 5.73 Å². The van der Waals surface area contributed by atoms with Gasteiger partial charge in [0.1, 0.15) is 0 Å². The molecule has 0 spiro atoms. The molecular weight excluding hydrogens is 190 g/mol. The van der Waals surface area contributed by atoms with Gasteiger partial charge in [0.25, 0.3) is 0 Å². The lowest BCUT2D eigenvalue weighted by atomic mass is 10.3. The van der Waals surface area contributed by atoms with Crippen LogP contribution in [0.15, 0.2) is 46.0 Å². The van der Waals surface area contributed by atoms with Crippen LogP contribution in [-0.2, 0) is 4.79 Å². The summed E-state index contributed by atoms with van der Waals surface area (Å²) in [5, 5.41) is 1.70. The zero-order chi connectivity index (χ0) is 10.7. The van der Waals surface area contributed by atoms with Crippen LogP contribution in [0.25, 0.3) is 6.20 Å². The Bertz CT molecular complexity index is 570. The minimum absolute atomic E-state index is 0.462. The third-order valence-corrected chi connectivity index (χ3v) is 1.90. The van der Waals surface area contributed by atoms with E-state index in [-0.39, 0.29) is 0 Å². The van der Waals surface area contributed by atoms with E-state index in [9.17, 15) is 4.79 Å². The molecule has 4 heteroatoms. The van der Waals surface area contributed by atoms with Gasteiger partial charge < -0.3 is 5.73 Å². The molecule has 0 unspecified atom stereocenters. The van der Waals surface area contributed by atoms with Crippen LogP contribution in [0.2, 0.25) is 0 Å². The first-order chi connectivity index (χ1) is 7.25. The van der Waals surface area contributed by atoms with Crippen LogP contribution < -0.4 is 16.3 Å². The maximum absolute atomic E-state index is 10.7. The van der Waals surface area contributed by atoms with Gasteiger partial charge in [0.2, 0.25) is 5.91 Å². The number of allylic oxidation sites excluding steroid dienone is 1. The fourth-order valence-electron chi connectivity index (χ4n) is 1.28. The number of primary amides is 1. The van der Waals surface area contributed by atoms with Crippen LogP contribution in [0.4, 0.5) is 0 Å². The fourth-order valence-corrected chi connectivity index (χ4v) is 1.28. The maximum Gasteiger partial charge on any atom is 0.243 e. The van der Waals surface area contributed by atoms with Gasteiger partial charge in [0.05, 0.1) is 17.3 Å². The lowest BCUT2D eigenvalue weighted by Gasteiger charge is -1.89. The molecule has 0 fully saturated rings. The van der Waals surface area contributed by atoms with Crippen molar-refractivity contribution in [2.24, 2.45) is 15.7 Å². The van der Waals surface area contributed by atoms with Crippen LogP contribution in [0, 0.1) is 0 Å². The molecule has 0 saturated carbocycles. The number of hydrogen-bond donors (Lipinski definition) is 1. The van der Waals surface area contributed by atoms with E-state index in [0.29, 0.717) is 5.70 Å². The summed E-state index contributed by atoms with van der Waals surface area (Å²) in [5.41, 5.74) is 5.51. The van der Waals surface area contributed by atoms with Crippen molar-refractivity contribution < 1.29 is 4.79 Å². The van der Waals surface area contributed by atoms with E-state index >= 15 is 0 Å². The summed E-state index contributed by atoms with van der Waals surface area (Å²) in [6.07, 6.45) is 4.45. The van der Waals surface area contributed by atoms with Gasteiger partial charge in [-0.1, -0.05) is 18.2 Å². The van der Waals surface area contributed by atoms with Crippen molar-refractivity contribution in [3.05, 3.63) is 46.6 Å². The normalized spacial score (nSPS) is 16.1. The summed E-state index contributed by atoms with van der Waals surface area (Å²) in [4.78, 5) is 19.0. The van der Waals surface area contributed by atoms with Gasteiger partial charge in [-0.25, -0.2) is 4.99 Å². The number of hydrogen-bond acceptors (Lipinski definition) is 3. The molecule has 0 bridgehead atoms. The van der Waals surface area contributed by atoms with E-state index in [1.165, 1.54) is 12.3 Å². The summed E-state index contributed by atoms with van der Waals surface area (Å²) in [6, 6.07) is 7.55. The van der Waals surface area contributed by atoms with Gasteiger partial charge >= 0.3 is 0 Å². The molecule has 2 rings (SSSR count). The topological polar surface area (TPSA) is 67.8 Å². The molecule has 2 N–H and O–H groups in total. The SMILES string of the molecule is NC(=O)C=C1C=NC=c2ccccc2=N1. The van der Waals surface area contributed by atoms with Crippen molar-refractivity contribution in [3.8, 4) is 0 Å². The second-order valence-electron chi connectivity index (χ2n) is 3.05. The summed E-state index contributed by atoms with van der Waals surface area (Å²) < 4.78 is 0. The average molecular weight is 199 g/mol. The molecule has 0 saturated heterocycles. The minimum Gasteiger partial charge on any atom is -0.366 e. The molecule has 0 aromatic heterocycles. The number of nitrogens with two attached hydrogens (primary N) is 1. The van der Waals surface area contributed by atoms with Crippen molar-refractivity contribution in [2.45, 2.75) is 0 Å². The Hall–Kier alpha value is -2.23. The molecule has 74 valence electrons. The second-order valence-corrected chi connectivity index (χ2v) is 3.05. The van der Waals surface area contributed by atoms with Crippen molar-refractivity contribution in [1.29, 1.82) is 0 Å². The van der Waals surface area contributed by atoms with Crippen molar-refractivity contribution in [1.82, 2.24) is 0 Å². The molecule has 4 nitrogen and oxygen atoms in total. The first-order valence-corrected chi connectivity index (χ1v) is 4.44. The van der Waals surface area contributed by atoms with Crippen LogP contribution in [0.1, 0.15) is 0 Å². The molecule has 1 aromatic carbocycles. The highest BCUT2D eigenvalue weighted by Gasteiger charge is 1.96. The van der Waals surface area contributed by atoms with Gasteiger partial charge in [0, 0.05) is 17.5 Å². The number of rotatable bonds is 1. The third-order valence-electron chi connectivity index (χ3n) is 1.90. The molecule has 1 aromatic rings. The van der Waals surface area contributed by atoms with E-state index in [1.807, 2.05) is 24.3 Å². The number of para-hydroxylation sites is 1. The highest BCUT2D eigenvalue weighted by atomic mass is 16.1. The quantitative estimate of drug-likeness (QED) is 0.608. The fraction of sp³-hybridized carbons (Fsp3) is 0. The number of fused-ring (bicyclic) bond motifs is 1. The lowest BCUT2D eigenvalue weighted by Crippen LogP contribution is -2.23. The summed E-state index contributed by atoms with van der Waals surface area (Å²) in [5.74, 6) is -0.528. The van der Waals surface area contributed by atoms with Crippen LogP contribution in [-0.4, -0.2) is 12.1 Å². The number of amides is 1. The van der Waals surface area contributed by atoms with Crippen molar-refractivity contribution >= 4 is 18.3 Å². The molecule has 1 amide bonds. The van der Waals surface area contributed by atoms with Gasteiger partial charge in [-0.15, -0.1) is 0 Å². The zero-order valence-electron chi connectivity index (χ0n) is 7.92. The summed E-state index contributed by atoms with van der Waals surface area (Å²) in [6.45, 7) is 0. The summed E-state index contributed by atoms with van der Waals surface area (Å²) >= 11 is 0. The van der Waals surface area contributed by atoms with E-state index < -0.39 is 5.91 Å². The Kier molecular flexibility index (Phi) is 2.41. The van der Waals surface area contributed by atoms with Crippen molar-refractivity contribution in [3.63, 3.8) is 0 Å². The van der Waals surface area contributed by atoms with Crippen molar-refractivity contribution in [2.75, 3.05) is 0 Å². The molecule has 0 aliphatic carbocycles. The van der Waals surface area contributed by atoms with Gasteiger partial charge in [-0.05, 0) is 6.07 Å². The van der Waals surface area contributed by atoms with Crippen LogP contribution >= 0.6 is 0 Å². The highest BCUT2D eigenvalue weighted by molar-refractivity contribution is 5.94. The highest BCUT2D eigenvalue weighted by Crippen LogP contribution is 1.93. The molecular formula is C11H9N3O. The number of benzene rings is 1. The van der Waals surface area contributed by atoms with Gasteiger partial charge in [-0.2, -0.15) is 0 Å². The Morgan fingerprint density at radius 3 is 2.93 bits per heavy atom. The number of aliphatic imine (C=N–C) groups is 1. The predicted octanol–water partition coefficient (Wildman–Crippen LogP) is -0.502. The van der Waals surface area contributed by atoms with E-state index in [1.54, 1.807) is 6.20 Å². The Morgan fingerprint density at radius 2 is 2.13 bits per heavy atom. The number of carbonyl (C=O) groups excluding carboxylic acids is 1. The Morgan fingerprint density at radius 1 is 1.33 bits per heavy atom. The molecule has 1 aliphatic heterocycles. The lowest BCUT2D eigenvalue weighted by molar-refractivity contribution is -0.113. The third kappa shape index (κ3) is 2.17. The minimum atomic E-state index is -0.528. The molecule has 1 aliphatic rings. The van der Waals surface area contributed by atoms with Crippen LogP contribution in [0.3, 0.4) is 0 Å². The maximum atomic E-state index is 10.7. The van der Waals surface area contributed by atoms with E-state index in [0.717, 1.165) is 10.6 Å². The summed E-state index contributed by atoms with van der Waals surface area (Å²) in [7, 11) is 0. The first-order valence-electron chi connectivity index (χ1n) is 4.44. The first kappa shape index (κ1) is 9.33. The zero-order valence-corrected chi connectivity index (χ0v) is 7.92. The number of nitrogens with zero attached hydrogens (tertiary/aromatic N) is 2. The number of carbonyl (C=O) groups is 1. The van der Waals surface area contributed by atoms with E-state index in [2.05, 4.69) is 9.98 Å². The van der Waals surface area contributed by atoms with Gasteiger partial charge in [0.15, 0.2) is 0 Å². The molecule has 15 heavy (non-hydrogen) atoms. The average Bonchev–Trinajstić information content (AvgIpc) is 2.38. The molecule has 0 radical (unpaired) electrons. The predicted molar refractivity (Wildman–Crippen MR) is 57.5 cm³/mol. The standard InChI is InChI=1S/C11H9N3O/c12-11(15)5-9-7-13-6-8-3-1-2-4-10(8)14-9/h1-7H,(H2,12,15). The smallest absolute Gasteiger partial charge is 0.243 e. The monoisotopic (exact) mass is 199 g/mol. The van der Waals surface area contributed by atoms with Gasteiger partial charge in [-0.3, -0.25) is 9.79 Å².